The second-order valence-corrected chi connectivity index (χ2v) is 11.1. The summed E-state index contributed by atoms with van der Waals surface area (Å²) in [5.74, 6) is -0.620. The third kappa shape index (κ3) is 3.41. The van der Waals surface area contributed by atoms with E-state index in [-0.39, 0.29) is 41.7 Å². The van der Waals surface area contributed by atoms with E-state index >= 15 is 0 Å². The molecule has 0 aromatic carbocycles. The molecule has 3 fully saturated rings. The minimum Gasteiger partial charge on any atom is -0.473 e. The zero-order valence-electron chi connectivity index (χ0n) is 19.0. The van der Waals surface area contributed by atoms with E-state index < -0.39 is 5.82 Å². The normalized spacial score (nSPS) is 25.6. The minimum atomic E-state index is -0.444. The molecule has 7 nitrogen and oxygen atoms in total. The van der Waals surface area contributed by atoms with Gasteiger partial charge in [0.1, 0.15) is 11.9 Å². The van der Waals surface area contributed by atoms with E-state index in [2.05, 4.69) is 15.3 Å². The Balaban J connectivity index is 1.33. The average Bonchev–Trinajstić information content (AvgIpc) is 3.06. The predicted molar refractivity (Wildman–Crippen MR) is 126 cm³/mol. The number of hydrogen-bond acceptors (Lipinski definition) is 7. The number of nitrogens with one attached hydrogen (secondary N) is 1. The SMILES string of the molecule is CC1(C)C2C(=O)N(Cc3cc4nccc(-c5cc(F)cnc5OC5CCCNC5)c4s3)C(=O)C21. The van der Waals surface area contributed by atoms with Crippen molar-refractivity contribution >= 4 is 33.4 Å². The third-order valence-electron chi connectivity index (χ3n) is 7.31. The number of aromatic nitrogens is 2. The van der Waals surface area contributed by atoms with Crippen LogP contribution in [0.25, 0.3) is 21.3 Å². The Morgan fingerprint density at radius 3 is 2.74 bits per heavy atom. The first-order valence-electron chi connectivity index (χ1n) is 11.6. The van der Waals surface area contributed by atoms with Crippen molar-refractivity contribution in [3.05, 3.63) is 41.3 Å². The lowest BCUT2D eigenvalue weighted by molar-refractivity contribution is -0.143. The molecule has 3 aliphatic rings. The van der Waals surface area contributed by atoms with Gasteiger partial charge in [-0.05, 0) is 43.0 Å². The first kappa shape index (κ1) is 21.6. The van der Waals surface area contributed by atoms with Crippen LogP contribution >= 0.6 is 11.3 Å². The van der Waals surface area contributed by atoms with Crippen molar-refractivity contribution in [3.63, 3.8) is 0 Å². The van der Waals surface area contributed by atoms with E-state index in [1.165, 1.54) is 28.5 Å². The number of amides is 2. The maximum absolute atomic E-state index is 14.3. The van der Waals surface area contributed by atoms with Gasteiger partial charge < -0.3 is 10.1 Å². The Kier molecular flexibility index (Phi) is 4.97. The molecule has 2 saturated heterocycles. The molecule has 0 radical (unpaired) electrons. The van der Waals surface area contributed by atoms with Gasteiger partial charge in [0.05, 0.1) is 34.8 Å². The molecule has 1 aliphatic carbocycles. The largest absolute Gasteiger partial charge is 0.473 e. The highest BCUT2D eigenvalue weighted by atomic mass is 32.1. The number of fused-ring (bicyclic) bond motifs is 2. The number of ether oxygens (including phenoxy) is 1. The number of likely N-dealkylation sites (tertiary alicyclic amines) is 1. The Morgan fingerprint density at radius 2 is 2.00 bits per heavy atom. The topological polar surface area (TPSA) is 84.4 Å². The zero-order valence-corrected chi connectivity index (χ0v) is 19.8. The molecule has 1 saturated carbocycles. The number of piperidine rings is 2. The lowest BCUT2D eigenvalue weighted by Gasteiger charge is -2.24. The predicted octanol–water partition coefficient (Wildman–Crippen LogP) is 3.77. The first-order chi connectivity index (χ1) is 16.3. The molecule has 34 heavy (non-hydrogen) atoms. The van der Waals surface area contributed by atoms with E-state index in [1.807, 2.05) is 26.0 Å². The molecule has 0 spiro atoms. The van der Waals surface area contributed by atoms with Gasteiger partial charge in [-0.25, -0.2) is 9.37 Å². The van der Waals surface area contributed by atoms with Crippen LogP contribution in [-0.2, 0) is 16.1 Å². The van der Waals surface area contributed by atoms with E-state index in [4.69, 9.17) is 4.74 Å². The standard InChI is InChI=1S/C25H25FN4O3S/c1-25(2)19-20(25)24(32)30(23(19)31)12-15-9-18-21(34-15)16(5-7-28-18)17-8-13(26)10-29-22(17)33-14-4-3-6-27-11-14/h5,7-10,14,19-20,27H,3-4,6,11-12H2,1-2H3. The van der Waals surface area contributed by atoms with Gasteiger partial charge in [0.2, 0.25) is 17.7 Å². The number of rotatable bonds is 5. The van der Waals surface area contributed by atoms with Crippen molar-refractivity contribution in [1.29, 1.82) is 0 Å². The van der Waals surface area contributed by atoms with Crippen molar-refractivity contribution in [2.24, 2.45) is 17.3 Å². The summed E-state index contributed by atoms with van der Waals surface area (Å²) in [5.41, 5.74) is 1.85. The number of imide groups is 1. The van der Waals surface area contributed by atoms with Crippen LogP contribution in [0.3, 0.4) is 0 Å². The molecule has 1 N–H and O–H groups in total. The molecule has 3 aromatic heterocycles. The minimum absolute atomic E-state index is 0.0236. The van der Waals surface area contributed by atoms with Crippen molar-refractivity contribution in [3.8, 4) is 17.0 Å². The lowest BCUT2D eigenvalue weighted by atomic mass is 10.1. The summed E-state index contributed by atoms with van der Waals surface area (Å²) in [6.07, 6.45) is 4.75. The summed E-state index contributed by atoms with van der Waals surface area (Å²) < 4.78 is 21.3. The Labute approximate surface area is 200 Å². The number of hydrogen-bond donors (Lipinski definition) is 1. The Morgan fingerprint density at radius 1 is 1.21 bits per heavy atom. The van der Waals surface area contributed by atoms with Crippen molar-refractivity contribution < 1.29 is 18.7 Å². The van der Waals surface area contributed by atoms with Gasteiger partial charge in [0.25, 0.3) is 0 Å². The second kappa shape index (κ2) is 7.81. The molecule has 3 atom stereocenters. The van der Waals surface area contributed by atoms with E-state index in [9.17, 15) is 14.0 Å². The van der Waals surface area contributed by atoms with Crippen LogP contribution in [0.1, 0.15) is 31.6 Å². The van der Waals surface area contributed by atoms with Crippen molar-refractivity contribution in [2.45, 2.75) is 39.3 Å². The summed E-state index contributed by atoms with van der Waals surface area (Å²) in [7, 11) is 0. The Bertz CT molecular complexity index is 1290. The molecular formula is C25H25FN4O3S. The zero-order chi connectivity index (χ0) is 23.6. The number of nitrogens with zero attached hydrogens (tertiary/aromatic N) is 3. The van der Waals surface area contributed by atoms with Gasteiger partial charge in [-0.15, -0.1) is 11.3 Å². The van der Waals surface area contributed by atoms with E-state index in [0.29, 0.717) is 11.4 Å². The summed E-state index contributed by atoms with van der Waals surface area (Å²) in [6.45, 7) is 5.87. The number of carbonyl (C=O) groups is 2. The molecule has 3 aromatic rings. The van der Waals surface area contributed by atoms with Crippen LogP contribution in [0.5, 0.6) is 5.88 Å². The molecule has 0 bridgehead atoms. The van der Waals surface area contributed by atoms with Crippen LogP contribution in [0.4, 0.5) is 4.39 Å². The lowest BCUT2D eigenvalue weighted by Crippen LogP contribution is -2.37. The maximum Gasteiger partial charge on any atom is 0.234 e. The molecule has 3 unspecified atom stereocenters. The quantitative estimate of drug-likeness (QED) is 0.560. The number of halogens is 1. The molecule has 9 heteroatoms. The molecule has 2 aliphatic heterocycles. The van der Waals surface area contributed by atoms with E-state index in [0.717, 1.165) is 46.6 Å². The van der Waals surface area contributed by atoms with Gasteiger partial charge in [0, 0.05) is 28.7 Å². The summed E-state index contributed by atoms with van der Waals surface area (Å²) in [4.78, 5) is 36.5. The molecule has 5 heterocycles. The smallest absolute Gasteiger partial charge is 0.234 e. The van der Waals surface area contributed by atoms with Gasteiger partial charge in [-0.3, -0.25) is 19.5 Å². The highest BCUT2D eigenvalue weighted by Gasteiger charge is 2.72. The first-order valence-corrected chi connectivity index (χ1v) is 12.4. The van der Waals surface area contributed by atoms with Crippen molar-refractivity contribution in [2.75, 3.05) is 13.1 Å². The highest BCUT2D eigenvalue weighted by molar-refractivity contribution is 7.19. The van der Waals surface area contributed by atoms with Crippen LogP contribution in [0.15, 0.2) is 30.6 Å². The van der Waals surface area contributed by atoms with Crippen molar-refractivity contribution in [1.82, 2.24) is 20.2 Å². The van der Waals surface area contributed by atoms with Gasteiger partial charge in [0.15, 0.2) is 0 Å². The maximum atomic E-state index is 14.3. The number of pyridine rings is 2. The van der Waals surface area contributed by atoms with Crippen LogP contribution in [0.2, 0.25) is 0 Å². The third-order valence-corrected chi connectivity index (χ3v) is 8.45. The highest BCUT2D eigenvalue weighted by Crippen LogP contribution is 2.63. The molecular weight excluding hydrogens is 455 g/mol. The fourth-order valence-electron chi connectivity index (χ4n) is 5.39. The summed E-state index contributed by atoms with van der Waals surface area (Å²) in [6, 6.07) is 5.17. The van der Waals surface area contributed by atoms with Gasteiger partial charge >= 0.3 is 0 Å². The molecule has 2 amide bonds. The summed E-state index contributed by atoms with van der Waals surface area (Å²) in [5, 5.41) is 3.32. The summed E-state index contributed by atoms with van der Waals surface area (Å²) >= 11 is 1.46. The van der Waals surface area contributed by atoms with Gasteiger partial charge in [-0.2, -0.15) is 0 Å². The van der Waals surface area contributed by atoms with Gasteiger partial charge in [-0.1, -0.05) is 13.8 Å². The van der Waals surface area contributed by atoms with Crippen LogP contribution in [0, 0.1) is 23.1 Å². The molecule has 6 rings (SSSR count). The second-order valence-electron chi connectivity index (χ2n) is 9.92. The monoisotopic (exact) mass is 480 g/mol. The van der Waals surface area contributed by atoms with E-state index in [1.54, 1.807) is 6.20 Å². The van der Waals surface area contributed by atoms with Crippen LogP contribution in [-0.4, -0.2) is 45.9 Å². The fourth-order valence-corrected chi connectivity index (χ4v) is 6.52. The average molecular weight is 481 g/mol. The Hall–Kier alpha value is -2.91. The number of carbonyl (C=O) groups excluding carboxylic acids is 2. The molecule has 176 valence electrons. The van der Waals surface area contributed by atoms with Crippen LogP contribution < -0.4 is 10.1 Å². The number of thiophene rings is 1. The fraction of sp³-hybridized carbons (Fsp3) is 0.440.